The van der Waals surface area contributed by atoms with Crippen molar-refractivity contribution in [1.82, 2.24) is 16.0 Å². The van der Waals surface area contributed by atoms with Gasteiger partial charge in [-0.15, -0.1) is 0 Å². The molecular weight excluding hydrogens is 250 g/mol. The van der Waals surface area contributed by atoms with Gasteiger partial charge in [-0.05, 0) is 38.1 Å². The van der Waals surface area contributed by atoms with E-state index in [1.807, 2.05) is 0 Å². The molecule has 1 fully saturated rings. The van der Waals surface area contributed by atoms with Crippen LogP contribution in [0.15, 0.2) is 16.5 Å². The van der Waals surface area contributed by atoms with E-state index in [1.54, 1.807) is 0 Å². The number of carboxylic acids is 1. The quantitative estimate of drug-likeness (QED) is 0.637. The molecule has 4 N–H and O–H groups in total. The van der Waals surface area contributed by atoms with Crippen LogP contribution in [0.5, 0.6) is 0 Å². The van der Waals surface area contributed by atoms with Gasteiger partial charge in [0.15, 0.2) is 0 Å². The van der Waals surface area contributed by atoms with Gasteiger partial charge in [0.2, 0.25) is 5.76 Å². The molecule has 7 nitrogen and oxygen atoms in total. The minimum atomic E-state index is -1.12. The lowest BCUT2D eigenvalue weighted by atomic mass is 10.1. The Hall–Kier alpha value is -2.02. The van der Waals surface area contributed by atoms with E-state index in [-0.39, 0.29) is 24.4 Å². The first kappa shape index (κ1) is 13.4. The Morgan fingerprint density at radius 1 is 1.37 bits per heavy atom. The summed E-state index contributed by atoms with van der Waals surface area (Å²) in [5.74, 6) is -0.834. The number of carbonyl (C=O) groups is 2. The highest BCUT2D eigenvalue weighted by molar-refractivity contribution is 5.84. The smallest absolute Gasteiger partial charge is 0.371 e. The minimum Gasteiger partial charge on any atom is -0.475 e. The fourth-order valence-electron chi connectivity index (χ4n) is 1.96. The first-order valence-corrected chi connectivity index (χ1v) is 6.22. The van der Waals surface area contributed by atoms with Gasteiger partial charge in [-0.25, -0.2) is 9.59 Å². The second-order valence-corrected chi connectivity index (χ2v) is 4.42. The van der Waals surface area contributed by atoms with Crippen LogP contribution in [0.1, 0.15) is 29.2 Å². The lowest BCUT2D eigenvalue weighted by Gasteiger charge is -2.23. The molecule has 7 heteroatoms. The zero-order valence-corrected chi connectivity index (χ0v) is 10.4. The number of piperidine rings is 1. The topological polar surface area (TPSA) is 104 Å². The molecule has 1 aliphatic heterocycles. The van der Waals surface area contributed by atoms with E-state index in [0.29, 0.717) is 5.76 Å². The second kappa shape index (κ2) is 6.24. The molecular formula is C12H17N3O4. The highest BCUT2D eigenvalue weighted by atomic mass is 16.4. The summed E-state index contributed by atoms with van der Waals surface area (Å²) in [6.07, 6.45) is 1.83. The number of furan rings is 1. The average molecular weight is 267 g/mol. The Kier molecular flexibility index (Phi) is 4.40. The van der Waals surface area contributed by atoms with E-state index in [0.717, 1.165) is 25.9 Å². The van der Waals surface area contributed by atoms with Crippen molar-refractivity contribution in [2.75, 3.05) is 13.1 Å². The maximum atomic E-state index is 11.6. The van der Waals surface area contributed by atoms with Crippen molar-refractivity contribution in [3.8, 4) is 0 Å². The van der Waals surface area contributed by atoms with Crippen LogP contribution in [0, 0.1) is 0 Å². The van der Waals surface area contributed by atoms with E-state index < -0.39 is 5.97 Å². The lowest BCUT2D eigenvalue weighted by Crippen LogP contribution is -2.46. The van der Waals surface area contributed by atoms with Gasteiger partial charge in [0.05, 0.1) is 6.54 Å². The highest BCUT2D eigenvalue weighted by Crippen LogP contribution is 2.07. The Balaban J connectivity index is 1.74. The van der Waals surface area contributed by atoms with Gasteiger partial charge >= 0.3 is 12.0 Å². The van der Waals surface area contributed by atoms with Crippen molar-refractivity contribution < 1.29 is 19.1 Å². The maximum Gasteiger partial charge on any atom is 0.371 e. The molecule has 0 aromatic carbocycles. The third-order valence-electron chi connectivity index (χ3n) is 2.97. The molecule has 19 heavy (non-hydrogen) atoms. The van der Waals surface area contributed by atoms with Gasteiger partial charge in [-0.2, -0.15) is 0 Å². The van der Waals surface area contributed by atoms with Gasteiger partial charge in [0, 0.05) is 6.04 Å². The third kappa shape index (κ3) is 3.99. The normalized spacial score (nSPS) is 16.0. The van der Waals surface area contributed by atoms with Gasteiger partial charge < -0.3 is 25.5 Å². The first-order valence-electron chi connectivity index (χ1n) is 6.22. The zero-order chi connectivity index (χ0) is 13.7. The number of hydrogen-bond donors (Lipinski definition) is 4. The molecule has 2 rings (SSSR count). The van der Waals surface area contributed by atoms with E-state index in [1.165, 1.54) is 12.1 Å². The molecule has 0 aliphatic carbocycles. The zero-order valence-electron chi connectivity index (χ0n) is 10.4. The third-order valence-corrected chi connectivity index (χ3v) is 2.97. The number of rotatable bonds is 4. The van der Waals surface area contributed by atoms with Gasteiger partial charge in [0.25, 0.3) is 0 Å². The van der Waals surface area contributed by atoms with Gasteiger partial charge in [0.1, 0.15) is 5.76 Å². The molecule has 1 aromatic rings. The predicted molar refractivity (Wildman–Crippen MR) is 66.9 cm³/mol. The Labute approximate surface area is 110 Å². The number of urea groups is 1. The predicted octanol–water partition coefficient (Wildman–Crippen LogP) is 0.529. The summed E-state index contributed by atoms with van der Waals surface area (Å²) in [5, 5.41) is 17.4. The van der Waals surface area contributed by atoms with Crippen molar-refractivity contribution in [2.45, 2.75) is 25.4 Å². The molecule has 1 aliphatic rings. The number of carboxylic acid groups (broad SMARTS) is 1. The molecule has 0 unspecified atom stereocenters. The van der Waals surface area contributed by atoms with Crippen LogP contribution in [-0.4, -0.2) is 36.2 Å². The molecule has 1 aromatic heterocycles. The fraction of sp³-hybridized carbons (Fsp3) is 0.500. The van der Waals surface area contributed by atoms with E-state index >= 15 is 0 Å². The summed E-state index contributed by atoms with van der Waals surface area (Å²) in [4.78, 5) is 22.2. The van der Waals surface area contributed by atoms with Crippen molar-refractivity contribution >= 4 is 12.0 Å². The van der Waals surface area contributed by atoms with Crippen LogP contribution in [0.4, 0.5) is 4.79 Å². The Morgan fingerprint density at radius 2 is 2.11 bits per heavy atom. The summed E-state index contributed by atoms with van der Waals surface area (Å²) >= 11 is 0. The largest absolute Gasteiger partial charge is 0.475 e. The summed E-state index contributed by atoms with van der Waals surface area (Å²) in [5.41, 5.74) is 0. The molecule has 1 saturated heterocycles. The van der Waals surface area contributed by atoms with Gasteiger partial charge in [-0.1, -0.05) is 0 Å². The number of aromatic carboxylic acids is 1. The summed E-state index contributed by atoms with van der Waals surface area (Å²) in [6, 6.07) is 2.82. The van der Waals surface area contributed by atoms with Crippen LogP contribution in [0.25, 0.3) is 0 Å². The van der Waals surface area contributed by atoms with Gasteiger partial charge in [-0.3, -0.25) is 0 Å². The molecule has 0 spiro atoms. The Morgan fingerprint density at radius 3 is 2.74 bits per heavy atom. The van der Waals surface area contributed by atoms with Crippen LogP contribution >= 0.6 is 0 Å². The van der Waals surface area contributed by atoms with Crippen LogP contribution in [0.2, 0.25) is 0 Å². The maximum absolute atomic E-state index is 11.6. The fourth-order valence-corrected chi connectivity index (χ4v) is 1.96. The standard InChI is InChI=1S/C12H17N3O4/c16-11(17)10-2-1-9(19-10)7-14-12(18)15-8-3-5-13-6-4-8/h1-2,8,13H,3-7H2,(H,16,17)(H2,14,15,18). The number of carbonyl (C=O) groups excluding carboxylic acids is 1. The summed E-state index contributed by atoms with van der Waals surface area (Å²) in [6.45, 7) is 1.99. The number of amides is 2. The van der Waals surface area contributed by atoms with Crippen molar-refractivity contribution in [3.05, 3.63) is 23.7 Å². The summed E-state index contributed by atoms with van der Waals surface area (Å²) < 4.78 is 5.03. The highest BCUT2D eigenvalue weighted by Gasteiger charge is 2.15. The molecule has 0 saturated carbocycles. The second-order valence-electron chi connectivity index (χ2n) is 4.42. The van der Waals surface area contributed by atoms with Crippen LogP contribution < -0.4 is 16.0 Å². The SMILES string of the molecule is O=C(NCc1ccc(C(=O)O)o1)NC1CCNCC1. The monoisotopic (exact) mass is 267 g/mol. The molecule has 104 valence electrons. The van der Waals surface area contributed by atoms with E-state index in [9.17, 15) is 9.59 Å². The first-order chi connectivity index (χ1) is 9.15. The van der Waals surface area contributed by atoms with Crippen molar-refractivity contribution in [3.63, 3.8) is 0 Å². The minimum absolute atomic E-state index is 0.129. The lowest BCUT2D eigenvalue weighted by molar-refractivity contribution is 0.0660. The van der Waals surface area contributed by atoms with Crippen LogP contribution in [-0.2, 0) is 6.54 Å². The van der Waals surface area contributed by atoms with Crippen molar-refractivity contribution in [1.29, 1.82) is 0 Å². The number of hydrogen-bond acceptors (Lipinski definition) is 4. The molecule has 0 bridgehead atoms. The van der Waals surface area contributed by atoms with Crippen molar-refractivity contribution in [2.24, 2.45) is 0 Å². The Bertz CT molecular complexity index is 452. The molecule has 2 heterocycles. The summed E-state index contributed by atoms with van der Waals surface area (Å²) in [7, 11) is 0. The van der Waals surface area contributed by atoms with E-state index in [4.69, 9.17) is 9.52 Å². The van der Waals surface area contributed by atoms with E-state index in [2.05, 4.69) is 16.0 Å². The molecule has 2 amide bonds. The average Bonchev–Trinajstić information content (AvgIpc) is 2.86. The molecule has 0 radical (unpaired) electrons. The molecule has 0 atom stereocenters. The number of nitrogens with one attached hydrogen (secondary N) is 3. The van der Waals surface area contributed by atoms with Crippen LogP contribution in [0.3, 0.4) is 0 Å².